The first-order valence-electron chi connectivity index (χ1n) is 6.63. The third-order valence-electron chi connectivity index (χ3n) is 4.08. The van der Waals surface area contributed by atoms with Gasteiger partial charge in [0, 0.05) is 24.6 Å². The Hall–Kier alpha value is -0.830. The first-order chi connectivity index (χ1) is 7.84. The van der Waals surface area contributed by atoms with E-state index in [1.54, 1.807) is 0 Å². The summed E-state index contributed by atoms with van der Waals surface area (Å²) in [4.78, 5) is 4.86. The molecule has 2 aliphatic rings. The normalized spacial score (nSPS) is 26.7. The van der Waals surface area contributed by atoms with Gasteiger partial charge < -0.3 is 9.88 Å². The van der Waals surface area contributed by atoms with Crippen molar-refractivity contribution >= 4 is 0 Å². The minimum Gasteiger partial charge on any atom is -0.332 e. The minimum absolute atomic E-state index is 0.659. The van der Waals surface area contributed by atoms with Gasteiger partial charge in [0.2, 0.25) is 0 Å². The van der Waals surface area contributed by atoms with Crippen LogP contribution in [0.3, 0.4) is 0 Å². The fourth-order valence-corrected chi connectivity index (χ4v) is 3.03. The Labute approximate surface area is 97.3 Å². The number of nitrogens with zero attached hydrogens (tertiary/aromatic N) is 2. The van der Waals surface area contributed by atoms with Crippen molar-refractivity contribution in [3.63, 3.8) is 0 Å². The fourth-order valence-electron chi connectivity index (χ4n) is 3.03. The molecule has 0 amide bonds. The van der Waals surface area contributed by atoms with Gasteiger partial charge in [0.1, 0.15) is 5.82 Å². The standard InChI is InChI=1S/C13H21N3/c1-10-3-2-4-13-15-12(9-16(10)13)11-5-7-14-8-6-11/h9-11,14H,2-8H2,1H3. The minimum atomic E-state index is 0.659. The summed E-state index contributed by atoms with van der Waals surface area (Å²) in [6.45, 7) is 4.63. The summed E-state index contributed by atoms with van der Waals surface area (Å²) in [6, 6.07) is 0.659. The molecule has 2 aliphatic heterocycles. The Morgan fingerprint density at radius 3 is 2.88 bits per heavy atom. The molecular weight excluding hydrogens is 198 g/mol. The van der Waals surface area contributed by atoms with E-state index in [1.165, 1.54) is 43.6 Å². The fraction of sp³-hybridized carbons (Fsp3) is 0.769. The maximum atomic E-state index is 4.86. The number of rotatable bonds is 1. The number of fused-ring (bicyclic) bond motifs is 1. The topological polar surface area (TPSA) is 29.9 Å². The van der Waals surface area contributed by atoms with Crippen LogP contribution >= 0.6 is 0 Å². The Balaban J connectivity index is 1.85. The van der Waals surface area contributed by atoms with E-state index in [1.807, 2.05) is 0 Å². The lowest BCUT2D eigenvalue weighted by Crippen LogP contribution is -2.26. The number of aryl methyl sites for hydroxylation is 1. The van der Waals surface area contributed by atoms with Crippen molar-refractivity contribution in [1.29, 1.82) is 0 Å². The molecule has 1 unspecified atom stereocenters. The molecule has 0 radical (unpaired) electrons. The van der Waals surface area contributed by atoms with Crippen LogP contribution in [0.1, 0.15) is 56.1 Å². The maximum absolute atomic E-state index is 4.86. The van der Waals surface area contributed by atoms with Gasteiger partial charge in [-0.2, -0.15) is 0 Å². The monoisotopic (exact) mass is 219 g/mol. The van der Waals surface area contributed by atoms with Crippen molar-refractivity contribution in [2.45, 2.75) is 51.0 Å². The summed E-state index contributed by atoms with van der Waals surface area (Å²) in [6.07, 6.45) is 8.64. The molecule has 3 heterocycles. The van der Waals surface area contributed by atoms with E-state index < -0.39 is 0 Å². The molecule has 3 heteroatoms. The number of hydrogen-bond donors (Lipinski definition) is 1. The molecule has 0 saturated carbocycles. The maximum Gasteiger partial charge on any atom is 0.109 e. The molecule has 1 fully saturated rings. The molecule has 1 aromatic heterocycles. The van der Waals surface area contributed by atoms with Crippen LogP contribution in [0.25, 0.3) is 0 Å². The lowest BCUT2D eigenvalue weighted by molar-refractivity contribution is 0.425. The van der Waals surface area contributed by atoms with Gasteiger partial charge in [0.15, 0.2) is 0 Å². The molecule has 88 valence electrons. The molecule has 1 atom stereocenters. The van der Waals surface area contributed by atoms with E-state index in [0.29, 0.717) is 12.0 Å². The second-order valence-electron chi connectivity index (χ2n) is 5.25. The van der Waals surface area contributed by atoms with Crippen LogP contribution in [0.2, 0.25) is 0 Å². The SMILES string of the molecule is CC1CCCc2nc(C3CCNCC3)cn21. The first kappa shape index (κ1) is 10.3. The lowest BCUT2D eigenvalue weighted by Gasteiger charge is -2.21. The summed E-state index contributed by atoms with van der Waals surface area (Å²) in [5.41, 5.74) is 1.35. The van der Waals surface area contributed by atoms with Crippen LogP contribution in [-0.4, -0.2) is 22.6 Å². The zero-order valence-corrected chi connectivity index (χ0v) is 10.1. The van der Waals surface area contributed by atoms with E-state index in [2.05, 4.69) is 23.0 Å². The Kier molecular flexibility index (Phi) is 2.72. The zero-order chi connectivity index (χ0) is 11.0. The number of aromatic nitrogens is 2. The molecule has 1 aromatic rings. The van der Waals surface area contributed by atoms with E-state index in [0.717, 1.165) is 13.1 Å². The van der Waals surface area contributed by atoms with Crippen LogP contribution in [0.4, 0.5) is 0 Å². The van der Waals surface area contributed by atoms with Crippen LogP contribution < -0.4 is 5.32 Å². The molecule has 3 nitrogen and oxygen atoms in total. The Morgan fingerprint density at radius 2 is 2.12 bits per heavy atom. The first-order valence-corrected chi connectivity index (χ1v) is 6.63. The van der Waals surface area contributed by atoms with Crippen molar-refractivity contribution in [1.82, 2.24) is 14.9 Å². The smallest absolute Gasteiger partial charge is 0.109 e. The van der Waals surface area contributed by atoms with Crippen molar-refractivity contribution < 1.29 is 0 Å². The van der Waals surface area contributed by atoms with E-state index in [9.17, 15) is 0 Å². The summed E-state index contributed by atoms with van der Waals surface area (Å²) in [5, 5.41) is 3.42. The van der Waals surface area contributed by atoms with Gasteiger partial charge in [-0.25, -0.2) is 4.98 Å². The number of piperidine rings is 1. The third-order valence-corrected chi connectivity index (χ3v) is 4.08. The van der Waals surface area contributed by atoms with Gasteiger partial charge >= 0.3 is 0 Å². The van der Waals surface area contributed by atoms with E-state index in [-0.39, 0.29) is 0 Å². The van der Waals surface area contributed by atoms with Gasteiger partial charge in [0.05, 0.1) is 5.69 Å². The number of hydrogen-bond acceptors (Lipinski definition) is 2. The highest BCUT2D eigenvalue weighted by Crippen LogP contribution is 2.29. The zero-order valence-electron chi connectivity index (χ0n) is 10.1. The van der Waals surface area contributed by atoms with Gasteiger partial charge in [-0.15, -0.1) is 0 Å². The molecular formula is C13H21N3. The van der Waals surface area contributed by atoms with Crippen molar-refractivity contribution in [3.8, 4) is 0 Å². The quantitative estimate of drug-likeness (QED) is 0.785. The second-order valence-corrected chi connectivity index (χ2v) is 5.25. The van der Waals surface area contributed by atoms with Gasteiger partial charge in [-0.1, -0.05) is 0 Å². The Bertz CT molecular complexity index is 363. The Morgan fingerprint density at radius 1 is 1.31 bits per heavy atom. The van der Waals surface area contributed by atoms with Crippen molar-refractivity contribution in [3.05, 3.63) is 17.7 Å². The van der Waals surface area contributed by atoms with Crippen LogP contribution in [-0.2, 0) is 6.42 Å². The highest BCUT2D eigenvalue weighted by molar-refractivity contribution is 5.13. The predicted molar refractivity (Wildman–Crippen MR) is 64.7 cm³/mol. The third kappa shape index (κ3) is 1.77. The van der Waals surface area contributed by atoms with Gasteiger partial charge in [-0.05, 0) is 45.7 Å². The molecule has 0 bridgehead atoms. The van der Waals surface area contributed by atoms with Crippen molar-refractivity contribution in [2.75, 3.05) is 13.1 Å². The summed E-state index contributed by atoms with van der Waals surface area (Å²) in [5.74, 6) is 2.03. The largest absolute Gasteiger partial charge is 0.332 e. The van der Waals surface area contributed by atoms with Crippen molar-refractivity contribution in [2.24, 2.45) is 0 Å². The average Bonchev–Trinajstić information content (AvgIpc) is 2.76. The van der Waals surface area contributed by atoms with Gasteiger partial charge in [0.25, 0.3) is 0 Å². The molecule has 1 N–H and O–H groups in total. The average molecular weight is 219 g/mol. The molecule has 0 aromatic carbocycles. The molecule has 0 spiro atoms. The van der Waals surface area contributed by atoms with Crippen LogP contribution in [0.15, 0.2) is 6.20 Å². The number of nitrogens with one attached hydrogen (secondary N) is 1. The molecule has 3 rings (SSSR count). The molecule has 0 aliphatic carbocycles. The van der Waals surface area contributed by atoms with Crippen LogP contribution in [0, 0.1) is 0 Å². The second kappa shape index (κ2) is 4.21. The molecule has 1 saturated heterocycles. The highest BCUT2D eigenvalue weighted by atomic mass is 15.1. The van der Waals surface area contributed by atoms with E-state index >= 15 is 0 Å². The summed E-state index contributed by atoms with van der Waals surface area (Å²) in [7, 11) is 0. The lowest BCUT2D eigenvalue weighted by atomic mass is 9.95. The predicted octanol–water partition coefficient (Wildman–Crippen LogP) is 2.25. The van der Waals surface area contributed by atoms with Gasteiger partial charge in [-0.3, -0.25) is 0 Å². The number of imidazole rings is 1. The molecule has 16 heavy (non-hydrogen) atoms. The van der Waals surface area contributed by atoms with E-state index in [4.69, 9.17) is 4.98 Å². The van der Waals surface area contributed by atoms with Crippen LogP contribution in [0.5, 0.6) is 0 Å². The highest BCUT2D eigenvalue weighted by Gasteiger charge is 2.23. The summed E-state index contributed by atoms with van der Waals surface area (Å²) < 4.78 is 2.42. The summed E-state index contributed by atoms with van der Waals surface area (Å²) >= 11 is 0.